The van der Waals surface area contributed by atoms with Gasteiger partial charge in [-0.05, 0) is 36.8 Å². The van der Waals surface area contributed by atoms with Crippen LogP contribution >= 0.6 is 23.2 Å². The predicted molar refractivity (Wildman–Crippen MR) is 77.6 cm³/mol. The third-order valence-electron chi connectivity index (χ3n) is 3.70. The van der Waals surface area contributed by atoms with Gasteiger partial charge in [0.05, 0.1) is 5.69 Å². The molecule has 0 aromatic carbocycles. The number of fused-ring (bicyclic) bond motifs is 1. The van der Waals surface area contributed by atoms with Gasteiger partial charge in [0.25, 0.3) is 0 Å². The van der Waals surface area contributed by atoms with Crippen molar-refractivity contribution in [3.63, 3.8) is 0 Å². The number of H-pyrrole nitrogens is 1. The average Bonchev–Trinajstić information content (AvgIpc) is 2.68. The molecule has 3 rings (SSSR count). The van der Waals surface area contributed by atoms with Crippen LogP contribution in [0.1, 0.15) is 31.5 Å². The molecule has 0 unspecified atom stereocenters. The van der Waals surface area contributed by atoms with E-state index in [1.165, 1.54) is 17.7 Å². The Hall–Kier alpha value is -1.06. The minimum atomic E-state index is 0.338. The zero-order valence-electron chi connectivity index (χ0n) is 10.9. The number of aromatic nitrogens is 3. The van der Waals surface area contributed by atoms with Crippen molar-refractivity contribution in [1.82, 2.24) is 15.2 Å². The van der Waals surface area contributed by atoms with Crippen LogP contribution < -0.4 is 0 Å². The molecule has 0 saturated carbocycles. The SMILES string of the molecule is CC1(C)CCc2c(-c3cc(Cl)nc(Cl)c3)n[nH]c2C1. The minimum Gasteiger partial charge on any atom is -0.282 e. The topological polar surface area (TPSA) is 41.6 Å². The molecule has 2 heterocycles. The molecule has 1 aliphatic rings. The third kappa shape index (κ3) is 2.49. The molecule has 2 aromatic rings. The lowest BCUT2D eigenvalue weighted by Crippen LogP contribution is -2.21. The first-order chi connectivity index (χ1) is 8.94. The summed E-state index contributed by atoms with van der Waals surface area (Å²) in [6.45, 7) is 4.58. The molecule has 0 radical (unpaired) electrons. The fourth-order valence-corrected chi connectivity index (χ4v) is 3.15. The van der Waals surface area contributed by atoms with Gasteiger partial charge in [0.1, 0.15) is 10.3 Å². The quantitative estimate of drug-likeness (QED) is 0.797. The maximum Gasteiger partial charge on any atom is 0.131 e. The second-order valence-corrected chi connectivity index (χ2v) is 6.65. The lowest BCUT2D eigenvalue weighted by atomic mass is 9.76. The Bertz CT molecular complexity index is 611. The highest BCUT2D eigenvalue weighted by atomic mass is 35.5. The van der Waals surface area contributed by atoms with Crippen molar-refractivity contribution in [2.45, 2.75) is 33.1 Å². The Balaban J connectivity index is 2.06. The summed E-state index contributed by atoms with van der Waals surface area (Å²) in [4.78, 5) is 3.97. The van der Waals surface area contributed by atoms with Crippen LogP contribution in [0.2, 0.25) is 10.3 Å². The van der Waals surface area contributed by atoms with Gasteiger partial charge < -0.3 is 0 Å². The number of nitrogens with zero attached hydrogens (tertiary/aromatic N) is 2. The first-order valence-electron chi connectivity index (χ1n) is 6.34. The molecule has 1 N–H and O–H groups in total. The van der Waals surface area contributed by atoms with E-state index < -0.39 is 0 Å². The predicted octanol–water partition coefficient (Wildman–Crippen LogP) is 4.29. The van der Waals surface area contributed by atoms with E-state index in [4.69, 9.17) is 23.2 Å². The van der Waals surface area contributed by atoms with E-state index >= 15 is 0 Å². The molecule has 0 spiro atoms. The molecule has 0 saturated heterocycles. The van der Waals surface area contributed by atoms with Gasteiger partial charge in [-0.3, -0.25) is 5.10 Å². The number of halogens is 2. The molecule has 2 aromatic heterocycles. The molecule has 19 heavy (non-hydrogen) atoms. The summed E-state index contributed by atoms with van der Waals surface area (Å²) in [7, 11) is 0. The average molecular weight is 296 g/mol. The molecule has 0 amide bonds. The van der Waals surface area contributed by atoms with Gasteiger partial charge in [-0.25, -0.2) is 4.98 Å². The number of hydrogen-bond donors (Lipinski definition) is 1. The molecule has 3 nitrogen and oxygen atoms in total. The van der Waals surface area contributed by atoms with Crippen molar-refractivity contribution in [2.75, 3.05) is 0 Å². The largest absolute Gasteiger partial charge is 0.282 e. The Morgan fingerprint density at radius 3 is 2.58 bits per heavy atom. The zero-order chi connectivity index (χ0) is 13.6. The highest BCUT2D eigenvalue weighted by molar-refractivity contribution is 6.32. The van der Waals surface area contributed by atoms with Gasteiger partial charge in [0.2, 0.25) is 0 Å². The fourth-order valence-electron chi connectivity index (χ4n) is 2.69. The van der Waals surface area contributed by atoms with Crippen LogP contribution in [-0.2, 0) is 12.8 Å². The molecular formula is C14H15Cl2N3. The van der Waals surface area contributed by atoms with E-state index in [-0.39, 0.29) is 0 Å². The highest BCUT2D eigenvalue weighted by Crippen LogP contribution is 2.38. The molecule has 5 heteroatoms. The Kier molecular flexibility index (Phi) is 3.06. The molecular weight excluding hydrogens is 281 g/mol. The number of aromatic amines is 1. The summed E-state index contributed by atoms with van der Waals surface area (Å²) in [5, 5.41) is 8.41. The minimum absolute atomic E-state index is 0.338. The lowest BCUT2D eigenvalue weighted by molar-refractivity contribution is 0.312. The number of nitrogens with one attached hydrogen (secondary N) is 1. The Labute approximate surface area is 122 Å². The number of rotatable bonds is 1. The summed E-state index contributed by atoms with van der Waals surface area (Å²) >= 11 is 11.9. The monoisotopic (exact) mass is 295 g/mol. The summed E-state index contributed by atoms with van der Waals surface area (Å²) in [5.74, 6) is 0. The van der Waals surface area contributed by atoms with Crippen LogP contribution in [0.3, 0.4) is 0 Å². The molecule has 100 valence electrons. The van der Waals surface area contributed by atoms with E-state index in [2.05, 4.69) is 29.0 Å². The lowest BCUT2D eigenvalue weighted by Gasteiger charge is -2.29. The smallest absolute Gasteiger partial charge is 0.131 e. The van der Waals surface area contributed by atoms with Crippen LogP contribution in [0, 0.1) is 5.41 Å². The van der Waals surface area contributed by atoms with Gasteiger partial charge in [-0.1, -0.05) is 37.0 Å². The van der Waals surface area contributed by atoms with Crippen LogP contribution in [0.5, 0.6) is 0 Å². The van der Waals surface area contributed by atoms with Crippen molar-refractivity contribution in [1.29, 1.82) is 0 Å². The first-order valence-corrected chi connectivity index (χ1v) is 7.10. The van der Waals surface area contributed by atoms with Gasteiger partial charge in [-0.2, -0.15) is 5.10 Å². The third-order valence-corrected chi connectivity index (χ3v) is 4.08. The number of pyridine rings is 1. The normalized spacial score (nSPS) is 17.3. The van der Waals surface area contributed by atoms with Gasteiger partial charge >= 0.3 is 0 Å². The Morgan fingerprint density at radius 2 is 1.89 bits per heavy atom. The van der Waals surface area contributed by atoms with Crippen molar-refractivity contribution in [3.8, 4) is 11.3 Å². The van der Waals surface area contributed by atoms with Crippen LogP contribution in [0.15, 0.2) is 12.1 Å². The van der Waals surface area contributed by atoms with E-state index in [1.54, 1.807) is 0 Å². The van der Waals surface area contributed by atoms with Crippen molar-refractivity contribution >= 4 is 23.2 Å². The van der Waals surface area contributed by atoms with E-state index in [9.17, 15) is 0 Å². The number of hydrogen-bond acceptors (Lipinski definition) is 2. The second-order valence-electron chi connectivity index (χ2n) is 5.87. The second kappa shape index (κ2) is 4.50. The van der Waals surface area contributed by atoms with Crippen LogP contribution in [0.4, 0.5) is 0 Å². The van der Waals surface area contributed by atoms with Crippen molar-refractivity contribution < 1.29 is 0 Å². The van der Waals surface area contributed by atoms with Crippen molar-refractivity contribution in [3.05, 3.63) is 33.7 Å². The zero-order valence-corrected chi connectivity index (χ0v) is 12.4. The maximum absolute atomic E-state index is 5.96. The van der Waals surface area contributed by atoms with Gasteiger partial charge in [-0.15, -0.1) is 0 Å². The van der Waals surface area contributed by atoms with E-state index in [0.717, 1.165) is 24.1 Å². The fraction of sp³-hybridized carbons (Fsp3) is 0.429. The van der Waals surface area contributed by atoms with Crippen molar-refractivity contribution in [2.24, 2.45) is 5.41 Å². The standard InChI is InChI=1S/C14H15Cl2N3/c1-14(2)4-3-9-10(7-14)18-19-13(9)8-5-11(15)17-12(16)6-8/h5-6H,3-4,7H2,1-2H3,(H,18,19). The molecule has 0 atom stereocenters. The summed E-state index contributed by atoms with van der Waals surface area (Å²) < 4.78 is 0. The first kappa shape index (κ1) is 12.9. The van der Waals surface area contributed by atoms with Crippen LogP contribution in [-0.4, -0.2) is 15.2 Å². The molecule has 0 aliphatic heterocycles. The van der Waals surface area contributed by atoms with Gasteiger partial charge in [0.15, 0.2) is 0 Å². The summed E-state index contributed by atoms with van der Waals surface area (Å²) in [6.07, 6.45) is 3.23. The van der Waals surface area contributed by atoms with Crippen LogP contribution in [0.25, 0.3) is 11.3 Å². The van der Waals surface area contributed by atoms with Gasteiger partial charge in [0, 0.05) is 16.8 Å². The molecule has 0 fully saturated rings. The highest BCUT2D eigenvalue weighted by Gasteiger charge is 2.29. The van der Waals surface area contributed by atoms with E-state index in [0.29, 0.717) is 15.7 Å². The maximum atomic E-state index is 5.96. The molecule has 1 aliphatic carbocycles. The Morgan fingerprint density at radius 1 is 1.21 bits per heavy atom. The van der Waals surface area contributed by atoms with E-state index in [1.807, 2.05) is 12.1 Å². The summed E-state index contributed by atoms with van der Waals surface area (Å²) in [6, 6.07) is 3.62. The molecule has 0 bridgehead atoms. The summed E-state index contributed by atoms with van der Waals surface area (Å²) in [5.41, 5.74) is 4.75.